The Morgan fingerprint density at radius 1 is 1.40 bits per heavy atom. The lowest BCUT2D eigenvalue weighted by molar-refractivity contribution is 0.131. The van der Waals surface area contributed by atoms with Gasteiger partial charge >= 0.3 is 0 Å². The van der Waals surface area contributed by atoms with Crippen LogP contribution in [0.15, 0.2) is 12.1 Å². The summed E-state index contributed by atoms with van der Waals surface area (Å²) in [4.78, 5) is 6.89. The molecular weight excluding hydrogens is 250 g/mol. The topological polar surface area (TPSA) is 37.4 Å². The summed E-state index contributed by atoms with van der Waals surface area (Å²) in [6, 6.07) is 4.34. The highest BCUT2D eigenvalue weighted by atomic mass is 16.5. The fraction of sp³-hybridized carbons (Fsp3) is 0.688. The Balaban J connectivity index is 1.88. The van der Waals surface area contributed by atoms with Crippen molar-refractivity contribution >= 4 is 5.82 Å². The summed E-state index contributed by atoms with van der Waals surface area (Å²) in [6.45, 7) is 5.64. The lowest BCUT2D eigenvalue weighted by Crippen LogP contribution is -2.24. The molecule has 4 heteroatoms. The van der Waals surface area contributed by atoms with Crippen molar-refractivity contribution in [2.45, 2.75) is 32.7 Å². The lowest BCUT2D eigenvalue weighted by Gasteiger charge is -2.20. The van der Waals surface area contributed by atoms with Gasteiger partial charge in [-0.05, 0) is 49.9 Å². The minimum Gasteiger partial charge on any atom is -0.379 e. The number of aromatic nitrogens is 1. The predicted molar refractivity (Wildman–Crippen MR) is 83.2 cm³/mol. The Kier molecular flexibility index (Phi) is 5.80. The average Bonchev–Trinajstić information content (AvgIpc) is 3.27. The van der Waals surface area contributed by atoms with Crippen LogP contribution in [0.5, 0.6) is 0 Å². The third-order valence-electron chi connectivity index (χ3n) is 3.68. The molecule has 1 aliphatic rings. The van der Waals surface area contributed by atoms with Crippen molar-refractivity contribution in [2.75, 3.05) is 38.8 Å². The van der Waals surface area contributed by atoms with Gasteiger partial charge in [-0.25, -0.2) is 4.98 Å². The molecule has 0 aliphatic heterocycles. The van der Waals surface area contributed by atoms with E-state index in [1.807, 2.05) is 7.05 Å². The molecule has 0 saturated heterocycles. The first-order valence-electron chi connectivity index (χ1n) is 7.66. The number of nitrogens with zero attached hydrogens (tertiary/aromatic N) is 2. The van der Waals surface area contributed by atoms with E-state index in [4.69, 9.17) is 9.72 Å². The number of ether oxygens (including phenoxy) is 1. The molecule has 4 nitrogen and oxygen atoms in total. The molecule has 0 atom stereocenters. The maximum Gasteiger partial charge on any atom is 0.128 e. The highest BCUT2D eigenvalue weighted by Gasteiger charge is 2.21. The molecule has 0 radical (unpaired) electrons. The van der Waals surface area contributed by atoms with Crippen LogP contribution in [-0.4, -0.2) is 38.8 Å². The molecule has 0 spiro atoms. The smallest absolute Gasteiger partial charge is 0.128 e. The minimum atomic E-state index is 0.784. The van der Waals surface area contributed by atoms with Gasteiger partial charge in [0.2, 0.25) is 0 Å². The molecule has 0 amide bonds. The monoisotopic (exact) mass is 277 g/mol. The van der Waals surface area contributed by atoms with Crippen molar-refractivity contribution in [3.05, 3.63) is 23.4 Å². The van der Waals surface area contributed by atoms with E-state index in [2.05, 4.69) is 36.3 Å². The van der Waals surface area contributed by atoms with E-state index >= 15 is 0 Å². The first-order valence-corrected chi connectivity index (χ1v) is 7.66. The quantitative estimate of drug-likeness (QED) is 0.702. The molecule has 1 N–H and O–H groups in total. The van der Waals surface area contributed by atoms with E-state index in [0.29, 0.717) is 0 Å². The molecular formula is C16H27N3O. The normalized spacial score (nSPS) is 14.6. The second-order valence-electron chi connectivity index (χ2n) is 5.65. The summed E-state index contributed by atoms with van der Waals surface area (Å²) in [6.07, 6.45) is 3.67. The van der Waals surface area contributed by atoms with Crippen LogP contribution >= 0.6 is 0 Å². The zero-order chi connectivity index (χ0) is 14.4. The van der Waals surface area contributed by atoms with Crippen molar-refractivity contribution in [1.29, 1.82) is 0 Å². The molecule has 1 aromatic heterocycles. The number of likely N-dealkylation sites (N-methyl/N-ethyl adjacent to an activating group) is 1. The Hall–Kier alpha value is -1.13. The number of rotatable bonds is 9. The summed E-state index contributed by atoms with van der Waals surface area (Å²) < 4.78 is 5.70. The van der Waals surface area contributed by atoms with Crippen LogP contribution in [0.4, 0.5) is 5.82 Å². The van der Waals surface area contributed by atoms with Crippen molar-refractivity contribution in [3.8, 4) is 0 Å². The standard InChI is InChI=1S/C16H27N3O/c1-4-15-9-14(11-17-2)10-16(18-15)19(3)7-8-20-12-13-5-6-13/h9-10,13,17H,4-8,11-12H2,1-3H3. The van der Waals surface area contributed by atoms with Gasteiger partial charge in [0.15, 0.2) is 0 Å². The maximum atomic E-state index is 5.70. The van der Waals surface area contributed by atoms with Crippen LogP contribution in [0.25, 0.3) is 0 Å². The summed E-state index contributed by atoms with van der Waals surface area (Å²) in [5.41, 5.74) is 2.44. The van der Waals surface area contributed by atoms with Gasteiger partial charge in [0.05, 0.1) is 6.61 Å². The van der Waals surface area contributed by atoms with Gasteiger partial charge in [-0.1, -0.05) is 6.92 Å². The van der Waals surface area contributed by atoms with Gasteiger partial charge in [0, 0.05) is 32.4 Å². The van der Waals surface area contributed by atoms with E-state index in [-0.39, 0.29) is 0 Å². The zero-order valence-electron chi connectivity index (χ0n) is 13.0. The number of anilines is 1. The average molecular weight is 277 g/mol. The van der Waals surface area contributed by atoms with E-state index < -0.39 is 0 Å². The van der Waals surface area contributed by atoms with Crippen LogP contribution in [0.3, 0.4) is 0 Å². The number of hydrogen-bond donors (Lipinski definition) is 1. The zero-order valence-corrected chi connectivity index (χ0v) is 13.0. The van der Waals surface area contributed by atoms with Crippen molar-refractivity contribution in [3.63, 3.8) is 0 Å². The summed E-state index contributed by atoms with van der Waals surface area (Å²) in [7, 11) is 4.06. The van der Waals surface area contributed by atoms with Crippen LogP contribution in [0, 0.1) is 5.92 Å². The summed E-state index contributed by atoms with van der Waals surface area (Å²) >= 11 is 0. The van der Waals surface area contributed by atoms with Crippen molar-refractivity contribution in [2.24, 2.45) is 5.92 Å². The van der Waals surface area contributed by atoms with E-state index in [9.17, 15) is 0 Å². The molecule has 0 unspecified atom stereocenters. The Labute approximate surface area is 122 Å². The molecule has 20 heavy (non-hydrogen) atoms. The Morgan fingerprint density at radius 3 is 2.85 bits per heavy atom. The number of aryl methyl sites for hydroxylation is 1. The first kappa shape index (κ1) is 15.3. The largest absolute Gasteiger partial charge is 0.379 e. The molecule has 1 saturated carbocycles. The molecule has 1 heterocycles. The molecule has 2 rings (SSSR count). The number of nitrogens with one attached hydrogen (secondary N) is 1. The Morgan fingerprint density at radius 2 is 2.20 bits per heavy atom. The van der Waals surface area contributed by atoms with Crippen LogP contribution in [0.1, 0.15) is 31.0 Å². The molecule has 1 aromatic rings. The number of pyridine rings is 1. The molecule has 0 bridgehead atoms. The third-order valence-corrected chi connectivity index (χ3v) is 3.68. The molecule has 1 aliphatic carbocycles. The fourth-order valence-corrected chi connectivity index (χ4v) is 2.17. The predicted octanol–water partition coefficient (Wildman–Crippen LogP) is 2.23. The van der Waals surface area contributed by atoms with Gasteiger partial charge in [-0.3, -0.25) is 0 Å². The summed E-state index contributed by atoms with van der Waals surface area (Å²) in [5.74, 6) is 1.88. The van der Waals surface area contributed by atoms with Gasteiger partial charge < -0.3 is 15.0 Å². The van der Waals surface area contributed by atoms with Crippen LogP contribution in [0.2, 0.25) is 0 Å². The minimum absolute atomic E-state index is 0.784. The van der Waals surface area contributed by atoms with Crippen LogP contribution < -0.4 is 10.2 Å². The third kappa shape index (κ3) is 4.76. The van der Waals surface area contributed by atoms with Crippen molar-refractivity contribution < 1.29 is 4.74 Å². The second-order valence-corrected chi connectivity index (χ2v) is 5.65. The van der Waals surface area contributed by atoms with E-state index in [0.717, 1.165) is 50.2 Å². The maximum absolute atomic E-state index is 5.70. The molecule has 1 fully saturated rings. The van der Waals surface area contributed by atoms with Gasteiger partial charge in [0.25, 0.3) is 0 Å². The highest BCUT2D eigenvalue weighted by Crippen LogP contribution is 2.28. The van der Waals surface area contributed by atoms with Gasteiger partial charge in [-0.2, -0.15) is 0 Å². The number of hydrogen-bond acceptors (Lipinski definition) is 4. The first-order chi connectivity index (χ1) is 9.72. The summed E-state index contributed by atoms with van der Waals surface area (Å²) in [5, 5.41) is 3.20. The van der Waals surface area contributed by atoms with Crippen LogP contribution in [-0.2, 0) is 17.7 Å². The van der Waals surface area contributed by atoms with E-state index in [1.54, 1.807) is 0 Å². The lowest BCUT2D eigenvalue weighted by atomic mass is 10.2. The Bertz CT molecular complexity index is 418. The second kappa shape index (κ2) is 7.60. The van der Waals surface area contributed by atoms with Gasteiger partial charge in [0.1, 0.15) is 5.82 Å². The highest BCUT2D eigenvalue weighted by molar-refractivity contribution is 5.42. The van der Waals surface area contributed by atoms with Crippen molar-refractivity contribution in [1.82, 2.24) is 10.3 Å². The van der Waals surface area contributed by atoms with Gasteiger partial charge in [-0.15, -0.1) is 0 Å². The SMILES string of the molecule is CCc1cc(CNC)cc(N(C)CCOCC2CC2)n1. The fourth-order valence-electron chi connectivity index (χ4n) is 2.17. The molecule has 112 valence electrons. The van der Waals surface area contributed by atoms with E-state index in [1.165, 1.54) is 18.4 Å². The molecule has 0 aromatic carbocycles.